The predicted molar refractivity (Wildman–Crippen MR) is 56.9 cm³/mol. The molecule has 66 valence electrons. The van der Waals surface area contributed by atoms with E-state index >= 15 is 0 Å². The van der Waals surface area contributed by atoms with Gasteiger partial charge in [0.25, 0.3) is 0 Å². The molecule has 0 aromatic heterocycles. The molecule has 2 atom stereocenters. The number of hydrogen-bond donors (Lipinski definition) is 1. The Morgan fingerprint density at radius 3 is 2.75 bits per heavy atom. The highest BCUT2D eigenvalue weighted by atomic mass is 14.7. The summed E-state index contributed by atoms with van der Waals surface area (Å²) in [7, 11) is 1.21. The third-order valence-electron chi connectivity index (χ3n) is 2.62. The Bertz CT molecular complexity index is 216. The van der Waals surface area contributed by atoms with Gasteiger partial charge in [-0.1, -0.05) is 37.5 Å². The fourth-order valence-electron chi connectivity index (χ4n) is 1.36. The molecule has 12 heavy (non-hydrogen) atoms. The van der Waals surface area contributed by atoms with Gasteiger partial charge in [0.1, 0.15) is 7.28 Å². The van der Waals surface area contributed by atoms with Crippen molar-refractivity contribution in [3.05, 3.63) is 23.8 Å². The highest BCUT2D eigenvalue weighted by Crippen LogP contribution is 2.25. The Hall–Kier alpha value is -0.495. The molecular formula is C10H18BN. The van der Waals surface area contributed by atoms with Gasteiger partial charge in [0.15, 0.2) is 0 Å². The van der Waals surface area contributed by atoms with E-state index in [2.05, 4.69) is 38.9 Å². The summed E-state index contributed by atoms with van der Waals surface area (Å²) >= 11 is 0. The quantitative estimate of drug-likeness (QED) is 0.618. The monoisotopic (exact) mass is 163 g/mol. The Balaban J connectivity index is 2.64. The van der Waals surface area contributed by atoms with Gasteiger partial charge >= 0.3 is 0 Å². The van der Waals surface area contributed by atoms with Gasteiger partial charge in [-0.3, -0.25) is 0 Å². The van der Waals surface area contributed by atoms with E-state index in [0.29, 0.717) is 5.82 Å². The van der Waals surface area contributed by atoms with Crippen LogP contribution in [0.5, 0.6) is 0 Å². The van der Waals surface area contributed by atoms with Crippen molar-refractivity contribution in [1.29, 1.82) is 0 Å². The highest BCUT2D eigenvalue weighted by molar-refractivity contribution is 6.36. The summed E-state index contributed by atoms with van der Waals surface area (Å²) in [5.74, 6) is 0.678. The second-order valence-corrected chi connectivity index (χ2v) is 4.06. The lowest BCUT2D eigenvalue weighted by molar-refractivity contribution is 0.585. The lowest BCUT2D eigenvalue weighted by Gasteiger charge is -2.24. The van der Waals surface area contributed by atoms with Gasteiger partial charge in [0.05, 0.1) is 0 Å². The molecule has 2 unspecified atom stereocenters. The molecule has 2 heteroatoms. The molecule has 0 fully saturated rings. The first kappa shape index (κ1) is 9.59. The van der Waals surface area contributed by atoms with Crippen molar-refractivity contribution in [1.82, 2.24) is 0 Å². The molecule has 0 heterocycles. The topological polar surface area (TPSA) is 26.0 Å². The Morgan fingerprint density at radius 1 is 1.67 bits per heavy atom. The van der Waals surface area contributed by atoms with Gasteiger partial charge < -0.3 is 5.73 Å². The van der Waals surface area contributed by atoms with Crippen molar-refractivity contribution in [3.63, 3.8) is 0 Å². The fourth-order valence-corrected chi connectivity index (χ4v) is 1.36. The van der Waals surface area contributed by atoms with Crippen LogP contribution in [0.4, 0.5) is 0 Å². The van der Waals surface area contributed by atoms with Crippen LogP contribution in [-0.4, -0.2) is 12.8 Å². The van der Waals surface area contributed by atoms with Crippen LogP contribution in [0.3, 0.4) is 0 Å². The molecule has 1 aliphatic carbocycles. The maximum atomic E-state index is 5.95. The van der Waals surface area contributed by atoms with E-state index in [1.165, 1.54) is 12.9 Å². The summed E-state index contributed by atoms with van der Waals surface area (Å²) in [4.78, 5) is 0. The molecule has 0 amide bonds. The number of allylic oxidation sites excluding steroid dienone is 2. The van der Waals surface area contributed by atoms with Crippen molar-refractivity contribution in [2.75, 3.05) is 0 Å². The van der Waals surface area contributed by atoms with E-state index in [1.807, 2.05) is 0 Å². The molecule has 0 bridgehead atoms. The number of nitrogens with two attached hydrogens (primary N) is 1. The third kappa shape index (κ3) is 2.24. The molecule has 0 saturated carbocycles. The van der Waals surface area contributed by atoms with Crippen LogP contribution in [0.2, 0.25) is 12.6 Å². The minimum Gasteiger partial charge on any atom is -0.322 e. The molecule has 0 aliphatic heterocycles. The van der Waals surface area contributed by atoms with Gasteiger partial charge in [0, 0.05) is 5.54 Å². The van der Waals surface area contributed by atoms with E-state index in [4.69, 9.17) is 5.73 Å². The van der Waals surface area contributed by atoms with E-state index in [0.717, 1.165) is 6.42 Å². The van der Waals surface area contributed by atoms with Crippen LogP contribution in [0, 0.1) is 0 Å². The largest absolute Gasteiger partial charge is 0.322 e. The normalized spacial score (nSPS) is 31.2. The van der Waals surface area contributed by atoms with Gasteiger partial charge in [0.2, 0.25) is 0 Å². The molecule has 0 aromatic rings. The Labute approximate surface area is 76.0 Å². The van der Waals surface area contributed by atoms with Crippen molar-refractivity contribution in [3.8, 4) is 0 Å². The summed E-state index contributed by atoms with van der Waals surface area (Å²) in [6, 6.07) is 0. The molecule has 1 nitrogen and oxygen atoms in total. The fraction of sp³-hybridized carbons (Fsp3) is 0.600. The summed E-state index contributed by atoms with van der Waals surface area (Å²) in [5.41, 5.74) is 7.28. The molecule has 0 spiro atoms. The third-order valence-corrected chi connectivity index (χ3v) is 2.62. The minimum absolute atomic E-state index is 0.114. The predicted octanol–water partition coefficient (Wildman–Crippen LogP) is 1.88. The first-order valence-electron chi connectivity index (χ1n) is 4.73. The van der Waals surface area contributed by atoms with Crippen LogP contribution in [0.15, 0.2) is 23.8 Å². The van der Waals surface area contributed by atoms with Crippen molar-refractivity contribution >= 4 is 7.28 Å². The maximum absolute atomic E-state index is 5.95. The van der Waals surface area contributed by atoms with Gasteiger partial charge in [-0.15, -0.1) is 0 Å². The molecule has 0 aromatic carbocycles. The lowest BCUT2D eigenvalue weighted by Crippen LogP contribution is -2.34. The minimum atomic E-state index is -0.114. The maximum Gasteiger partial charge on any atom is 0.126 e. The average Bonchev–Trinajstić information content (AvgIpc) is 2.03. The second-order valence-electron chi connectivity index (χ2n) is 4.06. The Morgan fingerprint density at radius 2 is 2.33 bits per heavy atom. The summed E-state index contributed by atoms with van der Waals surface area (Å²) in [6.07, 6.45) is 7.55. The van der Waals surface area contributed by atoms with E-state index in [1.54, 1.807) is 0 Å². The second kappa shape index (κ2) is 3.48. The molecular weight excluding hydrogens is 145 g/mol. The molecule has 0 saturated heterocycles. The summed E-state index contributed by atoms with van der Waals surface area (Å²) in [6.45, 7) is 6.54. The van der Waals surface area contributed by atoms with Crippen LogP contribution >= 0.6 is 0 Å². The zero-order chi connectivity index (χ0) is 9.19. The van der Waals surface area contributed by atoms with Crippen LogP contribution < -0.4 is 5.73 Å². The molecule has 1 rings (SSSR count). The smallest absolute Gasteiger partial charge is 0.126 e. The highest BCUT2D eigenvalue weighted by Gasteiger charge is 2.17. The first-order chi connectivity index (χ1) is 5.55. The average molecular weight is 163 g/mol. The lowest BCUT2D eigenvalue weighted by atomic mass is 9.63. The summed E-state index contributed by atoms with van der Waals surface area (Å²) < 4.78 is 0. The number of hydrogen-bond acceptors (Lipinski definition) is 1. The molecule has 0 radical (unpaired) electrons. The zero-order valence-electron chi connectivity index (χ0n) is 8.30. The van der Waals surface area contributed by atoms with E-state index in [-0.39, 0.29) is 5.54 Å². The van der Waals surface area contributed by atoms with Crippen molar-refractivity contribution in [2.24, 2.45) is 5.73 Å². The van der Waals surface area contributed by atoms with Crippen molar-refractivity contribution in [2.45, 2.75) is 38.4 Å². The standard InChI is InChI=1S/C10H18BN/c1-8(11-3)9-4-6-10(2,12)7-5-9/h4-6,8,11H,7,12H2,1-3H3. The van der Waals surface area contributed by atoms with Crippen molar-refractivity contribution < 1.29 is 0 Å². The molecule has 1 aliphatic rings. The SMILES string of the molecule is CBC(C)C1=CCC(C)(N)C=C1. The van der Waals surface area contributed by atoms with Crippen LogP contribution in [0.25, 0.3) is 0 Å². The van der Waals surface area contributed by atoms with Gasteiger partial charge in [-0.25, -0.2) is 0 Å². The van der Waals surface area contributed by atoms with Gasteiger partial charge in [-0.2, -0.15) is 0 Å². The van der Waals surface area contributed by atoms with Crippen LogP contribution in [0.1, 0.15) is 20.3 Å². The van der Waals surface area contributed by atoms with Gasteiger partial charge in [-0.05, 0) is 19.2 Å². The number of rotatable bonds is 2. The first-order valence-corrected chi connectivity index (χ1v) is 4.73. The molecule has 2 N–H and O–H groups in total. The zero-order valence-corrected chi connectivity index (χ0v) is 8.30. The van der Waals surface area contributed by atoms with Crippen LogP contribution in [-0.2, 0) is 0 Å². The summed E-state index contributed by atoms with van der Waals surface area (Å²) in [5, 5.41) is 0. The van der Waals surface area contributed by atoms with E-state index in [9.17, 15) is 0 Å². The Kier molecular flexibility index (Phi) is 2.78. The van der Waals surface area contributed by atoms with E-state index < -0.39 is 0 Å².